The van der Waals surface area contributed by atoms with Crippen molar-refractivity contribution < 1.29 is 4.74 Å². The number of halogens is 1. The Kier molecular flexibility index (Phi) is 4.85. The summed E-state index contributed by atoms with van der Waals surface area (Å²) in [5.41, 5.74) is 9.35. The van der Waals surface area contributed by atoms with Crippen molar-refractivity contribution >= 4 is 11.6 Å². The number of hydrogen-bond donors (Lipinski definition) is 1. The Morgan fingerprint density at radius 2 is 2.10 bits per heavy atom. The van der Waals surface area contributed by atoms with Crippen LogP contribution in [0.4, 0.5) is 0 Å². The summed E-state index contributed by atoms with van der Waals surface area (Å²) >= 11 is 6.23. The fourth-order valence-corrected chi connectivity index (χ4v) is 2.38. The average molecular weight is 309 g/mol. The van der Waals surface area contributed by atoms with Crippen molar-refractivity contribution in [2.24, 2.45) is 12.8 Å². The lowest BCUT2D eigenvalue weighted by molar-refractivity contribution is 0.289. The molecule has 0 bridgehead atoms. The predicted octanol–water partition coefficient (Wildman–Crippen LogP) is 2.55. The third-order valence-electron chi connectivity index (χ3n) is 3.21. The minimum atomic E-state index is 0.0317. The number of nitrogens with two attached hydrogens (primary N) is 1. The molecule has 0 aliphatic heterocycles. The molecule has 21 heavy (non-hydrogen) atoms. The van der Waals surface area contributed by atoms with Gasteiger partial charge in [-0.05, 0) is 32.9 Å². The normalized spacial score (nSPS) is 12.5. The van der Waals surface area contributed by atoms with Crippen molar-refractivity contribution in [3.05, 3.63) is 39.9 Å². The quantitative estimate of drug-likeness (QED) is 0.922. The van der Waals surface area contributed by atoms with E-state index in [1.807, 2.05) is 40.0 Å². The largest absolute Gasteiger partial charge is 0.485 e. The van der Waals surface area contributed by atoms with E-state index in [4.69, 9.17) is 22.1 Å². The SMILES string of the molecule is Cc1ccc(OCc2c(Cl)c(C)nn2C)c(CC(C)N)n1. The molecule has 0 fully saturated rings. The number of pyridine rings is 1. The molecule has 0 saturated carbocycles. The lowest BCUT2D eigenvalue weighted by atomic mass is 10.1. The van der Waals surface area contributed by atoms with Crippen LogP contribution in [-0.4, -0.2) is 20.8 Å². The van der Waals surface area contributed by atoms with Crippen LogP contribution in [0.25, 0.3) is 0 Å². The number of aryl methyl sites for hydroxylation is 3. The first-order valence-corrected chi connectivity index (χ1v) is 7.29. The summed E-state index contributed by atoms with van der Waals surface area (Å²) in [4.78, 5) is 4.52. The van der Waals surface area contributed by atoms with Gasteiger partial charge in [-0.1, -0.05) is 11.6 Å². The average Bonchev–Trinajstić information content (AvgIpc) is 2.62. The van der Waals surface area contributed by atoms with Crippen LogP contribution in [0.2, 0.25) is 5.02 Å². The Labute approximate surface area is 130 Å². The van der Waals surface area contributed by atoms with Crippen LogP contribution in [-0.2, 0) is 20.1 Å². The third-order valence-corrected chi connectivity index (χ3v) is 3.70. The number of rotatable bonds is 5. The Hall–Kier alpha value is -1.59. The highest BCUT2D eigenvalue weighted by Crippen LogP contribution is 2.23. The van der Waals surface area contributed by atoms with Gasteiger partial charge in [-0.25, -0.2) is 0 Å². The first-order chi connectivity index (χ1) is 9.88. The molecule has 1 unspecified atom stereocenters. The fraction of sp³-hybridized carbons (Fsp3) is 0.467. The van der Waals surface area contributed by atoms with E-state index in [9.17, 15) is 0 Å². The molecule has 0 saturated heterocycles. The summed E-state index contributed by atoms with van der Waals surface area (Å²) in [6, 6.07) is 3.89. The van der Waals surface area contributed by atoms with Crippen molar-refractivity contribution in [1.82, 2.24) is 14.8 Å². The van der Waals surface area contributed by atoms with Gasteiger partial charge >= 0.3 is 0 Å². The number of hydrogen-bond acceptors (Lipinski definition) is 4. The van der Waals surface area contributed by atoms with E-state index >= 15 is 0 Å². The second-order valence-corrected chi connectivity index (χ2v) is 5.72. The van der Waals surface area contributed by atoms with Crippen molar-refractivity contribution in [2.45, 2.75) is 39.8 Å². The molecule has 2 N–H and O–H groups in total. The summed E-state index contributed by atoms with van der Waals surface area (Å²) in [7, 11) is 1.85. The van der Waals surface area contributed by atoms with Crippen LogP contribution in [0.1, 0.15) is 29.7 Å². The maximum absolute atomic E-state index is 6.23. The highest BCUT2D eigenvalue weighted by Gasteiger charge is 2.14. The van der Waals surface area contributed by atoms with Gasteiger partial charge in [0.25, 0.3) is 0 Å². The van der Waals surface area contributed by atoms with Crippen molar-refractivity contribution in [2.75, 3.05) is 0 Å². The molecule has 5 nitrogen and oxygen atoms in total. The fourth-order valence-electron chi connectivity index (χ4n) is 2.16. The van der Waals surface area contributed by atoms with Gasteiger partial charge in [0.05, 0.1) is 22.1 Å². The number of nitrogens with zero attached hydrogens (tertiary/aromatic N) is 3. The van der Waals surface area contributed by atoms with E-state index in [1.54, 1.807) is 4.68 Å². The molecule has 6 heteroatoms. The predicted molar refractivity (Wildman–Crippen MR) is 83.6 cm³/mol. The van der Waals surface area contributed by atoms with Gasteiger partial charge in [-0.3, -0.25) is 9.67 Å². The Morgan fingerprint density at radius 1 is 1.38 bits per heavy atom. The maximum atomic E-state index is 6.23. The van der Waals surface area contributed by atoms with Crippen LogP contribution >= 0.6 is 11.6 Å². The summed E-state index contributed by atoms with van der Waals surface area (Å²) in [5, 5.41) is 4.92. The molecule has 2 aromatic heterocycles. The van der Waals surface area contributed by atoms with Gasteiger partial charge in [0.2, 0.25) is 0 Å². The highest BCUT2D eigenvalue weighted by molar-refractivity contribution is 6.31. The highest BCUT2D eigenvalue weighted by atomic mass is 35.5. The molecule has 0 aliphatic rings. The van der Waals surface area contributed by atoms with Crippen molar-refractivity contribution in [3.8, 4) is 5.75 Å². The van der Waals surface area contributed by atoms with Crippen molar-refractivity contribution in [1.29, 1.82) is 0 Å². The molecule has 1 atom stereocenters. The molecule has 2 heterocycles. The summed E-state index contributed by atoms with van der Waals surface area (Å²) in [6.07, 6.45) is 0.676. The van der Waals surface area contributed by atoms with Crippen LogP contribution in [0.15, 0.2) is 12.1 Å². The van der Waals surface area contributed by atoms with E-state index < -0.39 is 0 Å². The zero-order chi connectivity index (χ0) is 15.6. The lowest BCUT2D eigenvalue weighted by Crippen LogP contribution is -2.19. The third kappa shape index (κ3) is 3.74. The van der Waals surface area contributed by atoms with E-state index in [0.29, 0.717) is 18.1 Å². The molecule has 2 aromatic rings. The Balaban J connectivity index is 2.19. The minimum Gasteiger partial charge on any atom is -0.485 e. The molecule has 0 aliphatic carbocycles. The molecule has 2 rings (SSSR count). The van der Waals surface area contributed by atoms with E-state index in [1.165, 1.54) is 0 Å². The summed E-state index contributed by atoms with van der Waals surface area (Å²) in [5.74, 6) is 0.743. The standard InChI is InChI=1S/C15H21ClN4O/c1-9(17)7-12-14(6-5-10(2)18-12)21-8-13-15(16)11(3)19-20(13)4/h5-6,9H,7-8,17H2,1-4H3. The maximum Gasteiger partial charge on any atom is 0.141 e. The monoisotopic (exact) mass is 308 g/mol. The van der Waals surface area contributed by atoms with Crippen LogP contribution in [0, 0.1) is 13.8 Å². The van der Waals surface area contributed by atoms with Gasteiger partial charge in [0, 0.05) is 25.2 Å². The van der Waals surface area contributed by atoms with Gasteiger partial charge < -0.3 is 10.5 Å². The van der Waals surface area contributed by atoms with E-state index in [0.717, 1.165) is 28.5 Å². The second-order valence-electron chi connectivity index (χ2n) is 5.34. The number of aromatic nitrogens is 3. The van der Waals surface area contributed by atoms with Crippen molar-refractivity contribution in [3.63, 3.8) is 0 Å². The topological polar surface area (TPSA) is 66.0 Å². The molecule has 114 valence electrons. The summed E-state index contributed by atoms with van der Waals surface area (Å²) < 4.78 is 7.63. The lowest BCUT2D eigenvalue weighted by Gasteiger charge is -2.13. The van der Waals surface area contributed by atoms with Gasteiger partial charge in [0.1, 0.15) is 12.4 Å². The zero-order valence-electron chi connectivity index (χ0n) is 12.9. The van der Waals surface area contributed by atoms with Crippen LogP contribution < -0.4 is 10.5 Å². The second kappa shape index (κ2) is 6.45. The Morgan fingerprint density at radius 3 is 2.67 bits per heavy atom. The van der Waals surface area contributed by atoms with Gasteiger partial charge in [-0.15, -0.1) is 0 Å². The minimum absolute atomic E-state index is 0.0317. The smallest absolute Gasteiger partial charge is 0.141 e. The zero-order valence-corrected chi connectivity index (χ0v) is 13.6. The molecular formula is C15H21ClN4O. The molecular weight excluding hydrogens is 288 g/mol. The molecule has 0 aromatic carbocycles. The molecule has 0 radical (unpaired) electrons. The summed E-state index contributed by atoms with van der Waals surface area (Å²) in [6.45, 7) is 6.14. The first-order valence-electron chi connectivity index (χ1n) is 6.91. The van der Waals surface area contributed by atoms with Crippen LogP contribution in [0.5, 0.6) is 5.75 Å². The molecule has 0 spiro atoms. The van der Waals surface area contributed by atoms with E-state index in [2.05, 4.69) is 10.1 Å². The first kappa shape index (κ1) is 15.8. The van der Waals surface area contributed by atoms with Crippen LogP contribution in [0.3, 0.4) is 0 Å². The molecule has 0 amide bonds. The van der Waals surface area contributed by atoms with Gasteiger partial charge in [-0.2, -0.15) is 5.10 Å². The number of ether oxygens (including phenoxy) is 1. The Bertz CT molecular complexity index is 637. The van der Waals surface area contributed by atoms with E-state index in [-0.39, 0.29) is 6.04 Å². The van der Waals surface area contributed by atoms with Gasteiger partial charge in [0.15, 0.2) is 0 Å².